The van der Waals surface area contributed by atoms with Gasteiger partial charge in [-0.1, -0.05) is 5.16 Å². The zero-order valence-electron chi connectivity index (χ0n) is 16.2. The van der Waals surface area contributed by atoms with Crippen molar-refractivity contribution in [2.75, 3.05) is 0 Å². The van der Waals surface area contributed by atoms with Gasteiger partial charge in [0.05, 0.1) is 24.7 Å². The highest BCUT2D eigenvalue weighted by atomic mass is 19.1. The lowest BCUT2D eigenvalue weighted by Gasteiger charge is -2.08. The van der Waals surface area contributed by atoms with Crippen molar-refractivity contribution >= 4 is 5.97 Å². The molecule has 3 aromatic heterocycles. The molecule has 0 unspecified atom stereocenters. The van der Waals surface area contributed by atoms with Crippen LogP contribution < -0.4 is 10.5 Å². The molecule has 4 aromatic rings. The quantitative estimate of drug-likeness (QED) is 0.414. The number of rotatable bonds is 8. The van der Waals surface area contributed by atoms with Crippen molar-refractivity contribution in [3.05, 3.63) is 54.6 Å². The highest BCUT2D eigenvalue weighted by molar-refractivity contribution is 5.67. The normalized spacial score (nSPS) is 12.0. The number of hydrogen-bond acceptors (Lipinski definition) is 9. The number of benzene rings is 1. The predicted octanol–water partition coefficient (Wildman–Crippen LogP) is 2.26. The van der Waals surface area contributed by atoms with E-state index in [1.54, 1.807) is 0 Å². The molecule has 11 nitrogen and oxygen atoms in total. The number of carbonyl (C=O) groups is 1. The molecule has 1 aromatic carbocycles. The van der Waals surface area contributed by atoms with Crippen molar-refractivity contribution in [1.29, 1.82) is 0 Å². The second-order valence-corrected chi connectivity index (χ2v) is 6.69. The number of nitrogens with two attached hydrogens (primary N) is 1. The van der Waals surface area contributed by atoms with E-state index in [-0.39, 0.29) is 36.0 Å². The maximum absolute atomic E-state index is 14.6. The number of tetrazole rings is 1. The molecule has 3 N–H and O–H groups in total. The minimum Gasteiger partial charge on any atom is -0.481 e. The third-order valence-electron chi connectivity index (χ3n) is 4.26. The van der Waals surface area contributed by atoms with E-state index in [2.05, 4.69) is 25.6 Å². The summed E-state index contributed by atoms with van der Waals surface area (Å²) in [6.07, 6.45) is 3.85. The maximum Gasteiger partial charge on any atom is 0.304 e. The van der Waals surface area contributed by atoms with Crippen LogP contribution in [0.2, 0.25) is 0 Å². The van der Waals surface area contributed by atoms with Gasteiger partial charge >= 0.3 is 5.97 Å². The first-order valence-corrected chi connectivity index (χ1v) is 9.17. The SMILES string of the molecule is N[C@@H](CC(=O)O)Cn1nnc(-c2ccc(Oc3ncc(-c4cnoc4)cc3F)cc2F)n1. The summed E-state index contributed by atoms with van der Waals surface area (Å²) in [4.78, 5) is 15.7. The summed E-state index contributed by atoms with van der Waals surface area (Å²) < 4.78 is 39.0. The summed E-state index contributed by atoms with van der Waals surface area (Å²) in [5.74, 6) is -2.91. The summed E-state index contributed by atoms with van der Waals surface area (Å²) in [6.45, 7) is -0.00205. The van der Waals surface area contributed by atoms with E-state index in [1.807, 2.05) is 0 Å². The van der Waals surface area contributed by atoms with E-state index in [0.29, 0.717) is 11.1 Å². The number of carboxylic acids is 1. The average molecular weight is 443 g/mol. The molecule has 0 radical (unpaired) electrons. The van der Waals surface area contributed by atoms with Crippen LogP contribution >= 0.6 is 0 Å². The number of hydrogen-bond donors (Lipinski definition) is 2. The molecule has 0 amide bonds. The highest BCUT2D eigenvalue weighted by Gasteiger charge is 2.16. The third-order valence-corrected chi connectivity index (χ3v) is 4.26. The smallest absolute Gasteiger partial charge is 0.304 e. The van der Waals surface area contributed by atoms with Crippen LogP contribution in [0, 0.1) is 11.6 Å². The van der Waals surface area contributed by atoms with Crippen LogP contribution in [-0.4, -0.2) is 47.5 Å². The average Bonchev–Trinajstić information content (AvgIpc) is 3.41. The molecule has 0 bridgehead atoms. The van der Waals surface area contributed by atoms with Crippen LogP contribution in [0.1, 0.15) is 6.42 Å². The van der Waals surface area contributed by atoms with E-state index >= 15 is 0 Å². The van der Waals surface area contributed by atoms with Gasteiger partial charge in [0.2, 0.25) is 5.82 Å². The number of halogens is 2. The summed E-state index contributed by atoms with van der Waals surface area (Å²) in [5, 5.41) is 23.8. The largest absolute Gasteiger partial charge is 0.481 e. The maximum atomic E-state index is 14.6. The number of aliphatic carboxylic acids is 1. The van der Waals surface area contributed by atoms with Gasteiger partial charge in [-0.15, -0.1) is 10.2 Å². The van der Waals surface area contributed by atoms with Crippen LogP contribution in [-0.2, 0) is 11.3 Å². The summed E-state index contributed by atoms with van der Waals surface area (Å²) in [6, 6.07) is 4.23. The van der Waals surface area contributed by atoms with Gasteiger partial charge in [0.25, 0.3) is 5.88 Å². The van der Waals surface area contributed by atoms with Crippen molar-refractivity contribution in [1.82, 2.24) is 30.3 Å². The van der Waals surface area contributed by atoms with Crippen LogP contribution in [0.5, 0.6) is 11.6 Å². The number of ether oxygens (including phenoxy) is 1. The van der Waals surface area contributed by atoms with Gasteiger partial charge in [-0.2, -0.15) is 4.80 Å². The molecule has 13 heteroatoms. The summed E-state index contributed by atoms with van der Waals surface area (Å²) in [5.41, 5.74) is 6.69. The van der Waals surface area contributed by atoms with E-state index in [1.165, 1.54) is 36.9 Å². The Morgan fingerprint density at radius 1 is 1.22 bits per heavy atom. The molecule has 0 spiro atoms. The first-order chi connectivity index (χ1) is 15.4. The van der Waals surface area contributed by atoms with Crippen LogP contribution in [0.4, 0.5) is 8.78 Å². The Labute approximate surface area is 178 Å². The lowest BCUT2D eigenvalue weighted by Crippen LogP contribution is -2.30. The topological polar surface area (TPSA) is 155 Å². The van der Waals surface area contributed by atoms with Crippen LogP contribution in [0.25, 0.3) is 22.5 Å². The molecule has 164 valence electrons. The first kappa shape index (κ1) is 21.0. The molecule has 32 heavy (non-hydrogen) atoms. The zero-order valence-corrected chi connectivity index (χ0v) is 16.2. The van der Waals surface area contributed by atoms with Gasteiger partial charge in [0.15, 0.2) is 5.82 Å². The van der Waals surface area contributed by atoms with Crippen molar-refractivity contribution in [3.63, 3.8) is 0 Å². The molecule has 0 aliphatic rings. The first-order valence-electron chi connectivity index (χ1n) is 9.17. The van der Waals surface area contributed by atoms with Crippen molar-refractivity contribution in [2.24, 2.45) is 5.73 Å². The fourth-order valence-electron chi connectivity index (χ4n) is 2.79. The molecule has 0 saturated carbocycles. The van der Waals surface area contributed by atoms with E-state index in [9.17, 15) is 13.6 Å². The number of aromatic nitrogens is 6. The van der Waals surface area contributed by atoms with Crippen molar-refractivity contribution < 1.29 is 27.9 Å². The van der Waals surface area contributed by atoms with Crippen molar-refractivity contribution in [3.8, 4) is 34.1 Å². The minimum atomic E-state index is -1.06. The Hall–Kier alpha value is -4.26. The predicted molar refractivity (Wildman–Crippen MR) is 103 cm³/mol. The number of nitrogens with zero attached hydrogens (tertiary/aromatic N) is 6. The van der Waals surface area contributed by atoms with E-state index in [4.69, 9.17) is 20.1 Å². The van der Waals surface area contributed by atoms with Crippen LogP contribution in [0.3, 0.4) is 0 Å². The fourth-order valence-corrected chi connectivity index (χ4v) is 2.79. The summed E-state index contributed by atoms with van der Waals surface area (Å²) in [7, 11) is 0. The van der Waals surface area contributed by atoms with Crippen LogP contribution in [0.15, 0.2) is 47.4 Å². The zero-order chi connectivity index (χ0) is 22.7. The molecule has 1 atom stereocenters. The Morgan fingerprint density at radius 3 is 2.75 bits per heavy atom. The summed E-state index contributed by atoms with van der Waals surface area (Å²) >= 11 is 0. The van der Waals surface area contributed by atoms with Gasteiger partial charge in [-0.25, -0.2) is 13.8 Å². The molecule has 0 saturated heterocycles. The fraction of sp³-hybridized carbons (Fsp3) is 0.158. The number of pyridine rings is 1. The lowest BCUT2D eigenvalue weighted by molar-refractivity contribution is -0.137. The molecular weight excluding hydrogens is 428 g/mol. The second kappa shape index (κ2) is 8.85. The van der Waals surface area contributed by atoms with E-state index in [0.717, 1.165) is 10.9 Å². The van der Waals surface area contributed by atoms with Gasteiger partial charge < -0.3 is 20.1 Å². The Balaban J connectivity index is 1.48. The van der Waals surface area contributed by atoms with E-state index < -0.39 is 23.6 Å². The molecular formula is C19H15F2N7O4. The monoisotopic (exact) mass is 443 g/mol. The standard InChI is InChI=1S/C19H15F2N7O4/c20-15-5-13(32-19-16(21)3-10(6-23-19)11-7-24-31-9-11)1-2-14(15)18-25-27-28(26-18)8-12(22)4-17(29)30/h1-3,5-7,9,12H,4,8,22H2,(H,29,30)/t12-/m0/s1. The van der Waals surface area contributed by atoms with Gasteiger partial charge in [0.1, 0.15) is 17.8 Å². The highest BCUT2D eigenvalue weighted by Crippen LogP contribution is 2.29. The molecule has 3 heterocycles. The lowest BCUT2D eigenvalue weighted by atomic mass is 10.2. The molecule has 0 aliphatic heterocycles. The molecule has 4 rings (SSSR count). The Morgan fingerprint density at radius 2 is 2.06 bits per heavy atom. The Bertz CT molecular complexity index is 1250. The van der Waals surface area contributed by atoms with Gasteiger partial charge in [-0.05, 0) is 23.4 Å². The molecule has 0 aliphatic carbocycles. The third kappa shape index (κ3) is 4.73. The van der Waals surface area contributed by atoms with Gasteiger partial charge in [0, 0.05) is 29.4 Å². The Kier molecular flexibility index (Phi) is 5.81. The second-order valence-electron chi connectivity index (χ2n) is 6.69. The number of carboxylic acid groups (broad SMARTS) is 1. The molecule has 0 fully saturated rings. The van der Waals surface area contributed by atoms with Crippen molar-refractivity contribution in [2.45, 2.75) is 19.0 Å². The minimum absolute atomic E-state index is 0.00205. The van der Waals surface area contributed by atoms with Gasteiger partial charge in [-0.3, -0.25) is 4.79 Å².